The number of amides is 1. The number of carboxylic acids is 1. The highest BCUT2D eigenvalue weighted by molar-refractivity contribution is 5.89. The molecule has 7 nitrogen and oxygen atoms in total. The first-order valence-corrected chi connectivity index (χ1v) is 13.6. The van der Waals surface area contributed by atoms with E-state index in [9.17, 15) is 14.7 Å². The van der Waals surface area contributed by atoms with Crippen LogP contribution in [0.5, 0.6) is 0 Å². The Kier molecular flexibility index (Phi) is 7.44. The Bertz CT molecular complexity index is 1030. The van der Waals surface area contributed by atoms with Gasteiger partial charge in [-0.2, -0.15) is 0 Å². The third-order valence-corrected chi connectivity index (χ3v) is 8.60. The standard InChI is InChI=1S/C29H38N4O3/c34-27(35)25(33-19-15-29(28(33)36)13-3-1-4-14-29)20-22-7-9-24(10-8-22)32-17-11-23(12-18-32)21-31-26-6-2-5-16-30-26/h2,5-10,16,23,25H,1,3-4,11-15,17-21H2,(H,30,31)(H,34,35). The van der Waals surface area contributed by atoms with Gasteiger partial charge in [0, 0.05) is 44.5 Å². The van der Waals surface area contributed by atoms with Crippen LogP contribution in [0.3, 0.4) is 0 Å². The van der Waals surface area contributed by atoms with E-state index >= 15 is 0 Å². The van der Waals surface area contributed by atoms with Crippen LogP contribution in [0.2, 0.25) is 0 Å². The zero-order valence-corrected chi connectivity index (χ0v) is 21.1. The maximum Gasteiger partial charge on any atom is 0.326 e. The molecule has 3 aliphatic rings. The number of pyridine rings is 1. The van der Waals surface area contributed by atoms with E-state index in [1.807, 2.05) is 36.5 Å². The first-order valence-electron chi connectivity index (χ1n) is 13.6. The molecule has 1 aromatic carbocycles. The van der Waals surface area contributed by atoms with Crippen LogP contribution in [0.4, 0.5) is 11.5 Å². The molecule has 2 saturated heterocycles. The number of anilines is 2. The Morgan fingerprint density at radius 2 is 1.78 bits per heavy atom. The quantitative estimate of drug-likeness (QED) is 0.563. The van der Waals surface area contributed by atoms with Gasteiger partial charge in [0.2, 0.25) is 5.91 Å². The van der Waals surface area contributed by atoms with Crippen molar-refractivity contribution in [3.63, 3.8) is 0 Å². The number of carbonyl (C=O) groups is 2. The van der Waals surface area contributed by atoms with Crippen LogP contribution in [-0.4, -0.2) is 59.1 Å². The third kappa shape index (κ3) is 5.35. The maximum absolute atomic E-state index is 13.3. The second-order valence-corrected chi connectivity index (χ2v) is 10.8. The van der Waals surface area contributed by atoms with Crippen LogP contribution in [0, 0.1) is 11.3 Å². The summed E-state index contributed by atoms with van der Waals surface area (Å²) in [6, 6.07) is 13.4. The number of piperidine rings is 1. The van der Waals surface area contributed by atoms with E-state index in [0.717, 1.165) is 76.0 Å². The molecule has 192 valence electrons. The van der Waals surface area contributed by atoms with E-state index in [-0.39, 0.29) is 11.3 Å². The van der Waals surface area contributed by atoms with Crippen LogP contribution >= 0.6 is 0 Å². The van der Waals surface area contributed by atoms with Crippen LogP contribution < -0.4 is 10.2 Å². The number of rotatable bonds is 8. The molecule has 0 bridgehead atoms. The summed E-state index contributed by atoms with van der Waals surface area (Å²) >= 11 is 0. The fourth-order valence-electron chi connectivity index (χ4n) is 6.35. The molecule has 1 saturated carbocycles. The van der Waals surface area contributed by atoms with Crippen molar-refractivity contribution in [2.24, 2.45) is 11.3 Å². The number of benzene rings is 1. The molecule has 2 aliphatic heterocycles. The molecule has 36 heavy (non-hydrogen) atoms. The normalized spacial score (nSPS) is 21.1. The Balaban J connectivity index is 1.15. The summed E-state index contributed by atoms with van der Waals surface area (Å²) in [7, 11) is 0. The summed E-state index contributed by atoms with van der Waals surface area (Å²) in [6.07, 6.45) is 10.4. The topological polar surface area (TPSA) is 85.8 Å². The molecule has 1 aromatic heterocycles. The van der Waals surface area contributed by atoms with Gasteiger partial charge < -0.3 is 20.2 Å². The number of carboxylic acid groups (broad SMARTS) is 1. The smallest absolute Gasteiger partial charge is 0.326 e. The lowest BCUT2D eigenvalue weighted by Gasteiger charge is -2.34. The first kappa shape index (κ1) is 24.6. The average molecular weight is 491 g/mol. The van der Waals surface area contributed by atoms with Crippen molar-refractivity contribution in [2.45, 2.75) is 63.8 Å². The van der Waals surface area contributed by atoms with Crippen LogP contribution in [-0.2, 0) is 16.0 Å². The van der Waals surface area contributed by atoms with E-state index in [1.54, 1.807) is 4.90 Å². The number of hydrogen-bond acceptors (Lipinski definition) is 5. The van der Waals surface area contributed by atoms with Gasteiger partial charge in [-0.1, -0.05) is 37.5 Å². The highest BCUT2D eigenvalue weighted by Crippen LogP contribution is 2.45. The van der Waals surface area contributed by atoms with E-state index < -0.39 is 12.0 Å². The SMILES string of the molecule is O=C(O)C(Cc1ccc(N2CCC(CNc3ccccn3)CC2)cc1)N1CCC2(CCCCC2)C1=O. The lowest BCUT2D eigenvalue weighted by molar-refractivity contribution is -0.151. The highest BCUT2D eigenvalue weighted by Gasteiger charge is 2.49. The summed E-state index contributed by atoms with van der Waals surface area (Å²) in [5.74, 6) is 0.734. The minimum Gasteiger partial charge on any atom is -0.480 e. The van der Waals surface area contributed by atoms with E-state index in [4.69, 9.17) is 0 Å². The fraction of sp³-hybridized carbons (Fsp3) is 0.552. The zero-order valence-electron chi connectivity index (χ0n) is 21.1. The largest absolute Gasteiger partial charge is 0.480 e. The molecule has 1 atom stereocenters. The van der Waals surface area contributed by atoms with Crippen molar-refractivity contribution in [3.8, 4) is 0 Å². The number of nitrogens with zero attached hydrogens (tertiary/aromatic N) is 3. The van der Waals surface area contributed by atoms with Gasteiger partial charge in [-0.15, -0.1) is 0 Å². The Morgan fingerprint density at radius 1 is 1.03 bits per heavy atom. The molecular weight excluding hydrogens is 452 g/mol. The van der Waals surface area contributed by atoms with E-state index in [2.05, 4.69) is 27.3 Å². The van der Waals surface area contributed by atoms with Gasteiger partial charge >= 0.3 is 5.97 Å². The molecule has 2 aromatic rings. The van der Waals surface area contributed by atoms with Crippen molar-refractivity contribution in [1.29, 1.82) is 0 Å². The van der Waals surface area contributed by atoms with Gasteiger partial charge in [0.05, 0.1) is 5.41 Å². The number of nitrogens with one attached hydrogen (secondary N) is 1. The van der Waals surface area contributed by atoms with Crippen LogP contribution in [0.1, 0.15) is 56.9 Å². The molecule has 2 N–H and O–H groups in total. The molecule has 7 heteroatoms. The molecule has 3 heterocycles. The van der Waals surface area contributed by atoms with Crippen molar-refractivity contribution in [2.75, 3.05) is 36.4 Å². The predicted molar refractivity (Wildman–Crippen MR) is 141 cm³/mol. The summed E-state index contributed by atoms with van der Waals surface area (Å²) < 4.78 is 0. The van der Waals surface area contributed by atoms with Crippen molar-refractivity contribution >= 4 is 23.4 Å². The van der Waals surface area contributed by atoms with Gasteiger partial charge in [0.25, 0.3) is 0 Å². The number of aliphatic carboxylic acids is 1. The predicted octanol–water partition coefficient (Wildman–Crippen LogP) is 4.59. The number of likely N-dealkylation sites (tertiary alicyclic amines) is 1. The molecule has 0 radical (unpaired) electrons. The Morgan fingerprint density at radius 3 is 2.44 bits per heavy atom. The highest BCUT2D eigenvalue weighted by atomic mass is 16.4. The van der Waals surface area contributed by atoms with E-state index in [1.165, 1.54) is 12.1 Å². The minimum atomic E-state index is -0.901. The van der Waals surface area contributed by atoms with Crippen molar-refractivity contribution < 1.29 is 14.7 Å². The second kappa shape index (κ2) is 10.9. The van der Waals surface area contributed by atoms with E-state index in [0.29, 0.717) is 18.9 Å². The van der Waals surface area contributed by atoms with Crippen molar-refractivity contribution in [3.05, 3.63) is 54.2 Å². The minimum absolute atomic E-state index is 0.0756. The molecule has 1 aliphatic carbocycles. The lowest BCUT2D eigenvalue weighted by Crippen LogP contribution is -2.46. The second-order valence-electron chi connectivity index (χ2n) is 10.8. The van der Waals surface area contributed by atoms with Gasteiger partial charge in [-0.05, 0) is 67.9 Å². The molecule has 5 rings (SSSR count). The molecule has 1 amide bonds. The summed E-state index contributed by atoms with van der Waals surface area (Å²) in [5, 5.41) is 13.4. The fourth-order valence-corrected chi connectivity index (χ4v) is 6.35. The maximum atomic E-state index is 13.3. The summed E-state index contributed by atoms with van der Waals surface area (Å²) in [5.41, 5.74) is 1.85. The zero-order chi connectivity index (χ0) is 25.0. The molecule has 3 fully saturated rings. The van der Waals surface area contributed by atoms with Gasteiger partial charge in [-0.3, -0.25) is 4.79 Å². The average Bonchev–Trinajstić information content (AvgIpc) is 3.22. The van der Waals surface area contributed by atoms with Gasteiger partial charge in [0.15, 0.2) is 0 Å². The molecule has 1 unspecified atom stereocenters. The lowest BCUT2D eigenvalue weighted by atomic mass is 9.73. The first-order chi connectivity index (χ1) is 17.5. The number of hydrogen-bond donors (Lipinski definition) is 2. The number of aromatic nitrogens is 1. The number of carbonyl (C=O) groups excluding carboxylic acids is 1. The van der Waals surface area contributed by atoms with Crippen LogP contribution in [0.25, 0.3) is 0 Å². The monoisotopic (exact) mass is 490 g/mol. The molecule has 1 spiro atoms. The van der Waals surface area contributed by atoms with Gasteiger partial charge in [-0.25, -0.2) is 9.78 Å². The third-order valence-electron chi connectivity index (χ3n) is 8.60. The van der Waals surface area contributed by atoms with Gasteiger partial charge in [0.1, 0.15) is 11.9 Å². The Hall–Kier alpha value is -3.09. The Labute approximate surface area is 213 Å². The van der Waals surface area contributed by atoms with Crippen molar-refractivity contribution in [1.82, 2.24) is 9.88 Å². The molecular formula is C29H38N4O3. The summed E-state index contributed by atoms with van der Waals surface area (Å²) in [6.45, 7) is 3.53. The summed E-state index contributed by atoms with van der Waals surface area (Å²) in [4.78, 5) is 33.9. The van der Waals surface area contributed by atoms with Crippen LogP contribution in [0.15, 0.2) is 48.7 Å².